The minimum absolute atomic E-state index is 0.00674. The van der Waals surface area contributed by atoms with E-state index in [0.29, 0.717) is 79.7 Å². The zero-order valence-electron chi connectivity index (χ0n) is 27.5. The summed E-state index contributed by atoms with van der Waals surface area (Å²) in [6.45, 7) is 11.1. The van der Waals surface area contributed by atoms with Crippen molar-refractivity contribution in [1.29, 1.82) is 0 Å². The molecule has 2 aliphatic heterocycles. The normalized spacial score (nSPS) is 18.8. The van der Waals surface area contributed by atoms with Crippen LogP contribution in [0.3, 0.4) is 0 Å². The number of piperazine rings is 1. The molecule has 0 saturated carbocycles. The van der Waals surface area contributed by atoms with Crippen LogP contribution in [0.15, 0.2) is 30.6 Å². The zero-order chi connectivity index (χ0) is 33.3. The molecule has 0 unspecified atom stereocenters. The average Bonchev–Trinajstić information content (AvgIpc) is 3.05. The van der Waals surface area contributed by atoms with Crippen LogP contribution in [0.1, 0.15) is 45.1 Å². The third-order valence-corrected chi connectivity index (χ3v) is 9.15. The van der Waals surface area contributed by atoms with Crippen LogP contribution < -0.4 is 20.1 Å². The van der Waals surface area contributed by atoms with E-state index in [2.05, 4.69) is 30.4 Å². The Bertz CT molecular complexity index is 1550. The Hall–Kier alpha value is -3.58. The minimum atomic E-state index is -0.528. The van der Waals surface area contributed by atoms with E-state index in [1.165, 1.54) is 12.4 Å². The molecule has 11 nitrogen and oxygen atoms in total. The fourth-order valence-corrected chi connectivity index (χ4v) is 6.06. The molecule has 2 aliphatic rings. The quantitative estimate of drug-likeness (QED) is 0.329. The number of rotatable bonds is 8. The molecule has 2 bridgehead atoms. The molecule has 3 heterocycles. The van der Waals surface area contributed by atoms with Gasteiger partial charge in [0.25, 0.3) is 0 Å². The number of fused-ring (bicyclic) bond motifs is 2. The number of aromatic nitrogens is 2. The van der Waals surface area contributed by atoms with Crippen molar-refractivity contribution < 1.29 is 23.5 Å². The lowest BCUT2D eigenvalue weighted by Gasteiger charge is -2.34. The van der Waals surface area contributed by atoms with E-state index in [4.69, 9.17) is 21.1 Å². The predicted octanol–water partition coefficient (Wildman–Crippen LogP) is 4.64. The second-order valence-corrected chi connectivity index (χ2v) is 12.7. The number of ketones is 1. The van der Waals surface area contributed by atoms with Crippen molar-refractivity contribution >= 4 is 45.7 Å². The van der Waals surface area contributed by atoms with Crippen LogP contribution in [0.2, 0.25) is 5.02 Å². The fraction of sp³-hybridized carbons (Fsp3) is 0.529. The number of anilines is 2. The summed E-state index contributed by atoms with van der Waals surface area (Å²) in [7, 11) is 1.86. The van der Waals surface area contributed by atoms with Gasteiger partial charge >= 0.3 is 0 Å². The first-order valence-electron chi connectivity index (χ1n) is 16.4. The van der Waals surface area contributed by atoms with Crippen molar-refractivity contribution in [3.8, 4) is 11.5 Å². The second kappa shape index (κ2) is 16.5. The predicted molar refractivity (Wildman–Crippen MR) is 181 cm³/mol. The number of hydrogen-bond donors (Lipinski definition) is 2. The zero-order valence-corrected chi connectivity index (χ0v) is 28.2. The maximum absolute atomic E-state index is 14.6. The van der Waals surface area contributed by atoms with Gasteiger partial charge in [0.1, 0.15) is 23.7 Å². The molecule has 1 aromatic heterocycles. The number of carbonyl (C=O) groups excluding carboxylic acids is 2. The van der Waals surface area contributed by atoms with Gasteiger partial charge in [-0.15, -0.1) is 0 Å². The summed E-state index contributed by atoms with van der Waals surface area (Å²) in [4.78, 5) is 39.8. The molecule has 0 radical (unpaired) electrons. The van der Waals surface area contributed by atoms with Crippen molar-refractivity contribution in [2.45, 2.75) is 52.1 Å². The minimum Gasteiger partial charge on any atom is -0.490 e. The third kappa shape index (κ3) is 9.50. The molecule has 5 rings (SSSR count). The van der Waals surface area contributed by atoms with Gasteiger partial charge in [-0.25, -0.2) is 14.4 Å². The van der Waals surface area contributed by atoms with E-state index in [9.17, 15) is 14.0 Å². The Balaban J connectivity index is 1.30. The SMILES string of the molecule is CC(=O)NCCN1CCN(CCCOc2cc3ncnc4c3cc2OCCCCC(=O)[C@@H](C)N(C)Cc2cc(F)c(Cl)cc2N4)CC1. The van der Waals surface area contributed by atoms with Gasteiger partial charge in [0.15, 0.2) is 11.5 Å². The number of ether oxygens (including phenoxy) is 2. The molecule has 1 amide bonds. The summed E-state index contributed by atoms with van der Waals surface area (Å²) in [5.41, 5.74) is 1.91. The van der Waals surface area contributed by atoms with E-state index < -0.39 is 5.82 Å². The Morgan fingerprint density at radius 3 is 2.66 bits per heavy atom. The first-order valence-corrected chi connectivity index (χ1v) is 16.8. The maximum Gasteiger partial charge on any atom is 0.216 e. The van der Waals surface area contributed by atoms with E-state index in [1.807, 2.05) is 31.0 Å². The van der Waals surface area contributed by atoms with Crippen molar-refractivity contribution in [3.05, 3.63) is 47.0 Å². The van der Waals surface area contributed by atoms with Gasteiger partial charge in [-0.3, -0.25) is 19.4 Å². The highest BCUT2D eigenvalue weighted by molar-refractivity contribution is 6.31. The van der Waals surface area contributed by atoms with E-state index in [1.54, 1.807) is 13.0 Å². The number of likely N-dealkylation sites (N-methyl/N-ethyl adjacent to an activating group) is 1. The summed E-state index contributed by atoms with van der Waals surface area (Å²) in [6, 6.07) is 6.35. The number of nitrogens with one attached hydrogen (secondary N) is 2. The molecule has 2 aromatic carbocycles. The van der Waals surface area contributed by atoms with Gasteiger partial charge in [-0.05, 0) is 57.0 Å². The lowest BCUT2D eigenvalue weighted by Crippen LogP contribution is -2.48. The number of halogens is 2. The smallest absolute Gasteiger partial charge is 0.216 e. The summed E-state index contributed by atoms with van der Waals surface area (Å²) in [5.74, 6) is 1.30. The van der Waals surface area contributed by atoms with Crippen LogP contribution in [0.5, 0.6) is 11.5 Å². The molecule has 0 spiro atoms. The van der Waals surface area contributed by atoms with E-state index >= 15 is 0 Å². The molecule has 3 aromatic rings. The molecule has 1 fully saturated rings. The third-order valence-electron chi connectivity index (χ3n) is 8.87. The van der Waals surface area contributed by atoms with Crippen molar-refractivity contribution in [2.24, 2.45) is 0 Å². The summed E-state index contributed by atoms with van der Waals surface area (Å²) in [6.07, 6.45) is 4.15. The van der Waals surface area contributed by atoms with Crippen LogP contribution in [0.25, 0.3) is 10.9 Å². The lowest BCUT2D eigenvalue weighted by atomic mass is 10.1. The molecule has 0 aliphatic carbocycles. The number of amides is 1. The summed E-state index contributed by atoms with van der Waals surface area (Å²) >= 11 is 6.21. The number of benzene rings is 2. The van der Waals surface area contributed by atoms with E-state index in [0.717, 1.165) is 51.1 Å². The summed E-state index contributed by atoms with van der Waals surface area (Å²) < 4.78 is 27.2. The second-order valence-electron chi connectivity index (χ2n) is 12.3. The topological polar surface area (TPSA) is 112 Å². The molecule has 47 heavy (non-hydrogen) atoms. The van der Waals surface area contributed by atoms with Crippen LogP contribution >= 0.6 is 11.6 Å². The number of nitrogens with zero attached hydrogens (tertiary/aromatic N) is 5. The maximum atomic E-state index is 14.6. The largest absolute Gasteiger partial charge is 0.490 e. The first-order chi connectivity index (χ1) is 22.7. The van der Waals surface area contributed by atoms with Gasteiger partial charge < -0.3 is 25.0 Å². The Kier molecular flexibility index (Phi) is 12.2. The molecule has 13 heteroatoms. The van der Waals surface area contributed by atoms with Gasteiger partial charge in [0.2, 0.25) is 5.91 Å². The molecule has 254 valence electrons. The van der Waals surface area contributed by atoms with E-state index in [-0.39, 0.29) is 22.8 Å². The summed E-state index contributed by atoms with van der Waals surface area (Å²) in [5, 5.41) is 6.92. The standard InChI is InChI=1S/C34H45ClFN7O4/c1-23-31(45)7-4-5-15-46-32-18-26-30(38-22-39-34(26)40-29-19-27(35)28(36)17-25(29)21-41(23)3)20-33(32)47-16-6-9-42-11-13-43(14-12-42)10-8-37-24(2)44/h17-20,22-23H,4-16,21H2,1-3H3,(H,37,44)(H,38,39,40)/t23-/m1/s1. The molecular formula is C34H45ClFN7O4. The number of carbonyl (C=O) groups is 2. The van der Waals surface area contributed by atoms with Crippen LogP contribution in [-0.4, -0.2) is 108 Å². The molecule has 2 N–H and O–H groups in total. The van der Waals surface area contributed by atoms with Crippen molar-refractivity contribution in [2.75, 3.05) is 71.4 Å². The Morgan fingerprint density at radius 1 is 1.13 bits per heavy atom. The monoisotopic (exact) mass is 669 g/mol. The van der Waals surface area contributed by atoms with Crippen LogP contribution in [0.4, 0.5) is 15.9 Å². The molecule has 1 atom stereocenters. The van der Waals surface area contributed by atoms with Crippen LogP contribution in [0, 0.1) is 5.82 Å². The number of Topliss-reactive ketones (excluding diaryl/α,β-unsaturated/α-hetero) is 1. The lowest BCUT2D eigenvalue weighted by molar-refractivity contribution is -0.123. The van der Waals surface area contributed by atoms with Gasteiger partial charge in [-0.2, -0.15) is 0 Å². The fourth-order valence-electron chi connectivity index (χ4n) is 5.89. The average molecular weight is 670 g/mol. The highest BCUT2D eigenvalue weighted by Crippen LogP contribution is 2.36. The van der Waals surface area contributed by atoms with Crippen molar-refractivity contribution in [1.82, 2.24) is 30.0 Å². The Labute approximate surface area is 280 Å². The number of hydrogen-bond acceptors (Lipinski definition) is 10. The van der Waals surface area contributed by atoms with Crippen molar-refractivity contribution in [3.63, 3.8) is 0 Å². The van der Waals surface area contributed by atoms with Gasteiger partial charge in [-0.1, -0.05) is 11.6 Å². The van der Waals surface area contributed by atoms with Gasteiger partial charge in [0.05, 0.1) is 29.8 Å². The van der Waals surface area contributed by atoms with Crippen LogP contribution in [-0.2, 0) is 16.1 Å². The molecular weight excluding hydrogens is 625 g/mol. The highest BCUT2D eigenvalue weighted by Gasteiger charge is 2.22. The first kappa shape index (κ1) is 34.7. The van der Waals surface area contributed by atoms with Gasteiger partial charge in [0, 0.05) is 82.8 Å². The Morgan fingerprint density at radius 2 is 1.89 bits per heavy atom. The molecule has 1 saturated heterocycles. The highest BCUT2D eigenvalue weighted by atomic mass is 35.5.